The van der Waals surface area contributed by atoms with Crippen LogP contribution in [0.4, 0.5) is 10.1 Å². The smallest absolute Gasteiger partial charge is 0.234 e. The van der Waals surface area contributed by atoms with Gasteiger partial charge in [0.05, 0.1) is 5.75 Å². The number of halogens is 2. The summed E-state index contributed by atoms with van der Waals surface area (Å²) < 4.78 is 14.0. The maximum Gasteiger partial charge on any atom is 0.234 e. The molecule has 0 saturated carbocycles. The van der Waals surface area contributed by atoms with E-state index in [1.807, 2.05) is 12.1 Å². The van der Waals surface area contributed by atoms with Crippen LogP contribution in [0.5, 0.6) is 0 Å². The Kier molecular flexibility index (Phi) is 6.26. The van der Waals surface area contributed by atoms with Gasteiger partial charge in [-0.1, -0.05) is 13.8 Å². The zero-order chi connectivity index (χ0) is 16.1. The molecule has 0 bridgehead atoms. The number of hydrogen-bond donors (Lipinski definition) is 1. The Bertz CT molecular complexity index is 658. The van der Waals surface area contributed by atoms with Crippen molar-refractivity contribution in [2.75, 3.05) is 11.1 Å². The standard InChI is InChI=1S/C17H17FINOS/c1-11(2)15-9-13(19)5-8-16(15)20-17(21)10-22-14-6-3-12(18)4-7-14/h3-9,11H,10H2,1-2H3,(H,20,21). The summed E-state index contributed by atoms with van der Waals surface area (Å²) >= 11 is 3.66. The van der Waals surface area contributed by atoms with Crippen molar-refractivity contribution in [3.63, 3.8) is 0 Å². The molecule has 0 aliphatic carbocycles. The van der Waals surface area contributed by atoms with Gasteiger partial charge in [-0.2, -0.15) is 0 Å². The van der Waals surface area contributed by atoms with E-state index >= 15 is 0 Å². The van der Waals surface area contributed by atoms with E-state index in [4.69, 9.17) is 0 Å². The van der Waals surface area contributed by atoms with Gasteiger partial charge in [0, 0.05) is 14.2 Å². The third-order valence-corrected chi connectivity index (χ3v) is 4.78. The van der Waals surface area contributed by atoms with E-state index in [2.05, 4.69) is 47.8 Å². The molecule has 1 N–H and O–H groups in total. The highest BCUT2D eigenvalue weighted by Crippen LogP contribution is 2.27. The molecule has 1 amide bonds. The van der Waals surface area contributed by atoms with Crippen molar-refractivity contribution in [2.45, 2.75) is 24.7 Å². The average molecular weight is 429 g/mol. The molecule has 2 aromatic carbocycles. The monoisotopic (exact) mass is 429 g/mol. The average Bonchev–Trinajstić information content (AvgIpc) is 2.48. The first-order valence-corrected chi connectivity index (χ1v) is 9.00. The first kappa shape index (κ1) is 17.3. The fourth-order valence-corrected chi connectivity index (χ4v) is 3.20. The van der Waals surface area contributed by atoms with Crippen LogP contribution in [0.3, 0.4) is 0 Å². The second kappa shape index (κ2) is 7.97. The maximum atomic E-state index is 12.8. The molecule has 0 spiro atoms. The van der Waals surface area contributed by atoms with Gasteiger partial charge in [0.1, 0.15) is 5.82 Å². The minimum Gasteiger partial charge on any atom is -0.325 e. The zero-order valence-electron chi connectivity index (χ0n) is 12.4. The molecule has 0 radical (unpaired) electrons. The van der Waals surface area contributed by atoms with Gasteiger partial charge in [0.2, 0.25) is 5.91 Å². The van der Waals surface area contributed by atoms with Crippen LogP contribution in [0, 0.1) is 9.39 Å². The SMILES string of the molecule is CC(C)c1cc(I)ccc1NC(=O)CSc1ccc(F)cc1. The van der Waals surface area contributed by atoms with Gasteiger partial charge in [0.15, 0.2) is 0 Å². The topological polar surface area (TPSA) is 29.1 Å². The van der Waals surface area contributed by atoms with E-state index in [1.54, 1.807) is 12.1 Å². The normalized spacial score (nSPS) is 10.8. The largest absolute Gasteiger partial charge is 0.325 e. The minimum absolute atomic E-state index is 0.0579. The fourth-order valence-electron chi connectivity index (χ4n) is 1.99. The maximum absolute atomic E-state index is 12.8. The molecule has 0 atom stereocenters. The molecule has 116 valence electrons. The molecule has 0 aliphatic rings. The third kappa shape index (κ3) is 4.98. The molecule has 2 nitrogen and oxygen atoms in total. The summed E-state index contributed by atoms with van der Waals surface area (Å²) in [5, 5.41) is 2.96. The van der Waals surface area contributed by atoms with E-state index in [0.29, 0.717) is 11.7 Å². The molecule has 22 heavy (non-hydrogen) atoms. The summed E-state index contributed by atoms with van der Waals surface area (Å²) in [6.45, 7) is 4.21. The summed E-state index contributed by atoms with van der Waals surface area (Å²) in [6, 6.07) is 12.2. The van der Waals surface area contributed by atoms with Crippen LogP contribution < -0.4 is 5.32 Å². The van der Waals surface area contributed by atoms with Gasteiger partial charge in [-0.05, 0) is 76.5 Å². The molecule has 0 fully saturated rings. The summed E-state index contributed by atoms with van der Waals surface area (Å²) in [7, 11) is 0. The number of benzene rings is 2. The van der Waals surface area contributed by atoms with E-state index in [9.17, 15) is 9.18 Å². The number of nitrogens with one attached hydrogen (secondary N) is 1. The Morgan fingerprint density at radius 1 is 1.23 bits per heavy atom. The lowest BCUT2D eigenvalue weighted by Gasteiger charge is -2.14. The van der Waals surface area contributed by atoms with Crippen LogP contribution in [0.1, 0.15) is 25.3 Å². The molecule has 2 rings (SSSR count). The molecular formula is C17H17FINOS. The van der Waals surface area contributed by atoms with Crippen molar-refractivity contribution in [3.8, 4) is 0 Å². The predicted octanol–water partition coefficient (Wildman–Crippen LogP) is 5.28. The number of thioether (sulfide) groups is 1. The second-order valence-electron chi connectivity index (χ2n) is 5.18. The predicted molar refractivity (Wildman–Crippen MR) is 99.0 cm³/mol. The number of hydrogen-bond acceptors (Lipinski definition) is 2. The van der Waals surface area contributed by atoms with Gasteiger partial charge < -0.3 is 5.32 Å². The van der Waals surface area contributed by atoms with Crippen molar-refractivity contribution in [3.05, 3.63) is 57.4 Å². The van der Waals surface area contributed by atoms with Crippen LogP contribution in [0.15, 0.2) is 47.4 Å². The summed E-state index contributed by atoms with van der Waals surface area (Å²) in [5.74, 6) is 0.316. The van der Waals surface area contributed by atoms with E-state index in [1.165, 1.54) is 23.9 Å². The first-order chi connectivity index (χ1) is 10.5. The molecule has 0 heterocycles. The fraction of sp³-hybridized carbons (Fsp3) is 0.235. The van der Waals surface area contributed by atoms with Crippen molar-refractivity contribution in [2.24, 2.45) is 0 Å². The quantitative estimate of drug-likeness (QED) is 0.518. The van der Waals surface area contributed by atoms with E-state index < -0.39 is 0 Å². The van der Waals surface area contributed by atoms with Crippen molar-refractivity contribution in [1.29, 1.82) is 0 Å². The lowest BCUT2D eigenvalue weighted by molar-refractivity contribution is -0.113. The highest BCUT2D eigenvalue weighted by Gasteiger charge is 2.10. The summed E-state index contributed by atoms with van der Waals surface area (Å²) in [4.78, 5) is 13.0. The number of carbonyl (C=O) groups is 1. The van der Waals surface area contributed by atoms with Gasteiger partial charge >= 0.3 is 0 Å². The molecule has 0 aliphatic heterocycles. The number of rotatable bonds is 5. The molecule has 5 heteroatoms. The summed E-state index contributed by atoms with van der Waals surface area (Å²) in [6.07, 6.45) is 0. The highest BCUT2D eigenvalue weighted by molar-refractivity contribution is 14.1. The Labute approximate surface area is 148 Å². The lowest BCUT2D eigenvalue weighted by atomic mass is 10.0. The zero-order valence-corrected chi connectivity index (χ0v) is 15.4. The Morgan fingerprint density at radius 2 is 1.91 bits per heavy atom. The van der Waals surface area contributed by atoms with E-state index in [0.717, 1.165) is 19.7 Å². The van der Waals surface area contributed by atoms with Crippen LogP contribution >= 0.6 is 34.4 Å². The van der Waals surface area contributed by atoms with Crippen LogP contribution in [0.25, 0.3) is 0 Å². The van der Waals surface area contributed by atoms with Gasteiger partial charge in [-0.15, -0.1) is 11.8 Å². The Hall–Kier alpha value is -1.08. The van der Waals surface area contributed by atoms with Crippen molar-refractivity contribution < 1.29 is 9.18 Å². The first-order valence-electron chi connectivity index (χ1n) is 6.93. The van der Waals surface area contributed by atoms with Crippen LogP contribution in [-0.2, 0) is 4.79 Å². The third-order valence-electron chi connectivity index (χ3n) is 3.09. The van der Waals surface area contributed by atoms with Gasteiger partial charge in [-0.25, -0.2) is 4.39 Å². The van der Waals surface area contributed by atoms with Gasteiger partial charge in [0.25, 0.3) is 0 Å². The minimum atomic E-state index is -0.269. The molecule has 2 aromatic rings. The van der Waals surface area contributed by atoms with Crippen molar-refractivity contribution in [1.82, 2.24) is 0 Å². The number of anilines is 1. The van der Waals surface area contributed by atoms with Crippen LogP contribution in [-0.4, -0.2) is 11.7 Å². The van der Waals surface area contributed by atoms with Gasteiger partial charge in [-0.3, -0.25) is 4.79 Å². The lowest BCUT2D eigenvalue weighted by Crippen LogP contribution is -2.15. The van der Waals surface area contributed by atoms with Crippen molar-refractivity contribution >= 4 is 45.9 Å². The highest BCUT2D eigenvalue weighted by atomic mass is 127. The van der Waals surface area contributed by atoms with E-state index in [-0.39, 0.29) is 11.7 Å². The molecular weight excluding hydrogens is 412 g/mol. The number of amides is 1. The Balaban J connectivity index is 1.99. The molecule has 0 aromatic heterocycles. The second-order valence-corrected chi connectivity index (χ2v) is 7.47. The summed E-state index contributed by atoms with van der Waals surface area (Å²) in [5.41, 5.74) is 1.99. The molecule has 0 saturated heterocycles. The Morgan fingerprint density at radius 3 is 2.55 bits per heavy atom. The van der Waals surface area contributed by atoms with Crippen LogP contribution in [0.2, 0.25) is 0 Å². The number of carbonyl (C=O) groups excluding carboxylic acids is 1. The molecule has 0 unspecified atom stereocenters.